The molecule has 0 bridgehead atoms. The van der Waals surface area contributed by atoms with Gasteiger partial charge in [0.2, 0.25) is 0 Å². The molecule has 18 heavy (non-hydrogen) atoms. The molecule has 0 aliphatic carbocycles. The van der Waals surface area contributed by atoms with Crippen molar-refractivity contribution >= 4 is 0 Å². The van der Waals surface area contributed by atoms with Gasteiger partial charge in [-0.25, -0.2) is 0 Å². The molecule has 0 aromatic heterocycles. The molecule has 4 heteroatoms. The molecule has 0 atom stereocenters. The molecule has 6 N–H and O–H groups in total. The van der Waals surface area contributed by atoms with Crippen LogP contribution in [0.25, 0.3) is 0 Å². The Morgan fingerprint density at radius 2 is 0.833 bits per heavy atom. The first kappa shape index (κ1) is 17.8. The minimum Gasteiger partial charge on any atom is -0.330 e. The highest BCUT2D eigenvalue weighted by Crippen LogP contribution is 2.01. The third kappa shape index (κ3) is 15.8. The molecule has 0 amide bonds. The van der Waals surface area contributed by atoms with E-state index in [0.717, 1.165) is 45.6 Å². The van der Waals surface area contributed by atoms with Crippen LogP contribution in [0.4, 0.5) is 0 Å². The van der Waals surface area contributed by atoms with Crippen LogP contribution in [0, 0.1) is 0 Å². The van der Waals surface area contributed by atoms with E-state index in [1.165, 1.54) is 45.1 Å². The number of hydrogen-bond donors (Lipinski definition) is 4. The topological polar surface area (TPSA) is 76.1 Å². The summed E-state index contributed by atoms with van der Waals surface area (Å²) in [5, 5.41) is 6.88. The van der Waals surface area contributed by atoms with E-state index in [9.17, 15) is 0 Å². The van der Waals surface area contributed by atoms with Crippen LogP contribution in [0.1, 0.15) is 51.4 Å². The van der Waals surface area contributed by atoms with Crippen molar-refractivity contribution in [1.29, 1.82) is 0 Å². The zero-order valence-corrected chi connectivity index (χ0v) is 12.1. The van der Waals surface area contributed by atoms with E-state index in [2.05, 4.69) is 10.6 Å². The first-order valence-corrected chi connectivity index (χ1v) is 7.73. The van der Waals surface area contributed by atoms with Crippen molar-refractivity contribution in [3.63, 3.8) is 0 Å². The van der Waals surface area contributed by atoms with Gasteiger partial charge in [0, 0.05) is 0 Å². The quantitative estimate of drug-likeness (QED) is 0.333. The van der Waals surface area contributed by atoms with Crippen LogP contribution < -0.4 is 22.1 Å². The van der Waals surface area contributed by atoms with Crippen molar-refractivity contribution in [1.82, 2.24) is 10.6 Å². The van der Waals surface area contributed by atoms with Crippen molar-refractivity contribution in [2.24, 2.45) is 11.5 Å². The van der Waals surface area contributed by atoms with Crippen molar-refractivity contribution in [2.45, 2.75) is 51.4 Å². The van der Waals surface area contributed by atoms with Crippen LogP contribution in [0.15, 0.2) is 0 Å². The normalized spacial score (nSPS) is 11.0. The van der Waals surface area contributed by atoms with Crippen LogP contribution in [0.2, 0.25) is 0 Å². The lowest BCUT2D eigenvalue weighted by molar-refractivity contribution is 0.546. The van der Waals surface area contributed by atoms with Crippen molar-refractivity contribution in [3.05, 3.63) is 0 Å². The van der Waals surface area contributed by atoms with E-state index in [0.29, 0.717) is 0 Å². The van der Waals surface area contributed by atoms with Crippen molar-refractivity contribution in [2.75, 3.05) is 39.3 Å². The first-order chi connectivity index (χ1) is 8.91. The lowest BCUT2D eigenvalue weighted by atomic mass is 10.1. The fourth-order valence-corrected chi connectivity index (χ4v) is 1.90. The van der Waals surface area contributed by atoms with Gasteiger partial charge in [0.15, 0.2) is 0 Å². The van der Waals surface area contributed by atoms with Gasteiger partial charge in [-0.2, -0.15) is 0 Å². The Morgan fingerprint density at radius 3 is 1.33 bits per heavy atom. The van der Waals surface area contributed by atoms with Gasteiger partial charge in [-0.3, -0.25) is 0 Å². The molecule has 0 heterocycles. The van der Waals surface area contributed by atoms with Gasteiger partial charge in [-0.1, -0.05) is 19.3 Å². The molecule has 0 aliphatic rings. The van der Waals surface area contributed by atoms with Gasteiger partial charge in [0.25, 0.3) is 0 Å². The summed E-state index contributed by atoms with van der Waals surface area (Å²) in [6.07, 6.45) is 10.1. The monoisotopic (exact) mass is 258 g/mol. The predicted molar refractivity (Wildman–Crippen MR) is 80.8 cm³/mol. The first-order valence-electron chi connectivity index (χ1n) is 7.73. The molecule has 0 aromatic rings. The highest BCUT2D eigenvalue weighted by atomic mass is 14.8. The maximum Gasteiger partial charge on any atom is -0.00369 e. The summed E-state index contributed by atoms with van der Waals surface area (Å²) in [5.41, 5.74) is 10.9. The average Bonchev–Trinajstić information content (AvgIpc) is 2.39. The summed E-state index contributed by atoms with van der Waals surface area (Å²) in [7, 11) is 0. The van der Waals surface area contributed by atoms with Crippen LogP contribution in [0.3, 0.4) is 0 Å². The molecule has 0 unspecified atom stereocenters. The molecule has 4 nitrogen and oxygen atoms in total. The summed E-state index contributed by atoms with van der Waals surface area (Å²) >= 11 is 0. The van der Waals surface area contributed by atoms with Gasteiger partial charge in [0.1, 0.15) is 0 Å². The highest BCUT2D eigenvalue weighted by Gasteiger charge is 1.92. The third-order valence-corrected chi connectivity index (χ3v) is 3.07. The van der Waals surface area contributed by atoms with E-state index in [4.69, 9.17) is 11.5 Å². The maximum absolute atomic E-state index is 5.44. The lowest BCUT2D eigenvalue weighted by Crippen LogP contribution is -2.19. The minimum atomic E-state index is 0.797. The lowest BCUT2D eigenvalue weighted by Gasteiger charge is -2.05. The van der Waals surface area contributed by atoms with E-state index < -0.39 is 0 Å². The fraction of sp³-hybridized carbons (Fsp3) is 1.00. The van der Waals surface area contributed by atoms with Crippen molar-refractivity contribution in [3.8, 4) is 0 Å². The molecule has 0 saturated heterocycles. The van der Waals surface area contributed by atoms with Gasteiger partial charge >= 0.3 is 0 Å². The summed E-state index contributed by atoms with van der Waals surface area (Å²) in [4.78, 5) is 0. The minimum absolute atomic E-state index is 0.797. The van der Waals surface area contributed by atoms with E-state index in [1.807, 2.05) is 0 Å². The predicted octanol–water partition coefficient (Wildman–Crippen LogP) is 1.20. The smallest absolute Gasteiger partial charge is 0.00369 e. The Kier molecular flexibility index (Phi) is 16.7. The second-order valence-corrected chi connectivity index (χ2v) is 4.91. The fourth-order valence-electron chi connectivity index (χ4n) is 1.90. The maximum atomic E-state index is 5.44. The van der Waals surface area contributed by atoms with Gasteiger partial charge in [-0.15, -0.1) is 0 Å². The number of nitrogens with two attached hydrogens (primary N) is 2. The average molecular weight is 258 g/mol. The number of hydrogen-bond acceptors (Lipinski definition) is 4. The van der Waals surface area contributed by atoms with Crippen LogP contribution in [-0.2, 0) is 0 Å². The van der Waals surface area contributed by atoms with E-state index >= 15 is 0 Å². The molecule has 0 rings (SSSR count). The Hall–Kier alpha value is -0.160. The SMILES string of the molecule is NCCCCNCCCCCCCNCCCN. The Balaban J connectivity index is 2.86. The molecule has 0 fully saturated rings. The molecular weight excluding hydrogens is 224 g/mol. The van der Waals surface area contributed by atoms with Crippen LogP contribution in [0.5, 0.6) is 0 Å². The molecule has 0 spiro atoms. The van der Waals surface area contributed by atoms with E-state index in [1.54, 1.807) is 0 Å². The van der Waals surface area contributed by atoms with E-state index in [-0.39, 0.29) is 0 Å². The Labute approximate surface area is 113 Å². The zero-order valence-electron chi connectivity index (χ0n) is 12.1. The van der Waals surface area contributed by atoms with Gasteiger partial charge in [0.05, 0.1) is 0 Å². The molecule has 0 aliphatic heterocycles. The Morgan fingerprint density at radius 1 is 0.444 bits per heavy atom. The summed E-state index contributed by atoms with van der Waals surface area (Å²) < 4.78 is 0. The largest absolute Gasteiger partial charge is 0.330 e. The molecule has 0 saturated carbocycles. The second-order valence-electron chi connectivity index (χ2n) is 4.91. The molecule has 0 aromatic carbocycles. The summed E-state index contributed by atoms with van der Waals surface area (Å²) in [6, 6.07) is 0. The number of unbranched alkanes of at least 4 members (excludes halogenated alkanes) is 5. The standard InChI is InChI=1S/C14H34N4/c15-9-4-7-13-17-11-5-2-1-3-6-12-18-14-8-10-16/h17-18H,1-16H2. The van der Waals surface area contributed by atoms with Crippen LogP contribution in [-0.4, -0.2) is 39.3 Å². The summed E-state index contributed by atoms with van der Waals surface area (Å²) in [5.74, 6) is 0. The molecule has 110 valence electrons. The van der Waals surface area contributed by atoms with Crippen LogP contribution >= 0.6 is 0 Å². The molecule has 0 radical (unpaired) electrons. The highest BCUT2D eigenvalue weighted by molar-refractivity contribution is 4.53. The van der Waals surface area contributed by atoms with Crippen molar-refractivity contribution < 1.29 is 0 Å². The zero-order chi connectivity index (χ0) is 13.3. The third-order valence-electron chi connectivity index (χ3n) is 3.07. The van der Waals surface area contributed by atoms with Gasteiger partial charge < -0.3 is 22.1 Å². The number of nitrogens with one attached hydrogen (secondary N) is 2. The second kappa shape index (κ2) is 16.8. The Bertz CT molecular complexity index is 126. The molecular formula is C14H34N4. The van der Waals surface area contributed by atoms with Gasteiger partial charge in [-0.05, 0) is 71.4 Å². The number of rotatable bonds is 15. The summed E-state index contributed by atoms with van der Waals surface area (Å²) in [6.45, 7) is 6.13.